The summed E-state index contributed by atoms with van der Waals surface area (Å²) in [7, 11) is 0. The van der Waals surface area contributed by atoms with Gasteiger partial charge in [0.2, 0.25) is 0 Å². The van der Waals surface area contributed by atoms with Gasteiger partial charge in [-0.15, -0.1) is 0 Å². The maximum atomic E-state index is 13.3. The first-order valence-corrected chi connectivity index (χ1v) is 11.7. The number of hydrogen-bond acceptors (Lipinski definition) is 5. The van der Waals surface area contributed by atoms with Crippen LogP contribution in [0.25, 0.3) is 16.7 Å². The van der Waals surface area contributed by atoms with Crippen molar-refractivity contribution in [3.63, 3.8) is 0 Å². The molecule has 0 bridgehead atoms. The molecule has 1 fully saturated rings. The molecule has 0 unspecified atom stereocenters. The first-order valence-electron chi connectivity index (χ1n) is 11.7. The third kappa shape index (κ3) is 4.11. The van der Waals surface area contributed by atoms with E-state index < -0.39 is 0 Å². The molecule has 3 heterocycles. The Bertz CT molecular complexity index is 1320. The Kier molecular flexibility index (Phi) is 5.96. The SMILES string of the molecule is CCc1nc(N2CCCN(C(=O)c3ccc(F)cc3)CC2)c2c(C)nn(-c3ccccc3)c2n1. The lowest BCUT2D eigenvalue weighted by atomic mass is 10.2. The summed E-state index contributed by atoms with van der Waals surface area (Å²) in [5, 5.41) is 5.74. The zero-order valence-corrected chi connectivity index (χ0v) is 19.4. The summed E-state index contributed by atoms with van der Waals surface area (Å²) >= 11 is 0. The number of amides is 1. The second-order valence-electron chi connectivity index (χ2n) is 8.49. The van der Waals surface area contributed by atoms with Gasteiger partial charge in [0.1, 0.15) is 17.5 Å². The number of para-hydroxylation sites is 1. The molecule has 5 rings (SSSR count). The van der Waals surface area contributed by atoms with Gasteiger partial charge in [0.15, 0.2) is 5.65 Å². The number of rotatable bonds is 4. The number of fused-ring (bicyclic) bond motifs is 1. The van der Waals surface area contributed by atoms with Gasteiger partial charge < -0.3 is 9.80 Å². The number of aryl methyl sites for hydroxylation is 2. The Balaban J connectivity index is 1.47. The maximum absolute atomic E-state index is 13.3. The van der Waals surface area contributed by atoms with Crippen LogP contribution in [0.4, 0.5) is 10.2 Å². The summed E-state index contributed by atoms with van der Waals surface area (Å²) in [5.74, 6) is 1.22. The number of hydrogen-bond donors (Lipinski definition) is 0. The molecule has 1 saturated heterocycles. The summed E-state index contributed by atoms with van der Waals surface area (Å²) in [5.41, 5.74) is 3.14. The molecule has 0 saturated carbocycles. The Morgan fingerprint density at radius 1 is 0.971 bits per heavy atom. The Hall–Kier alpha value is -3.81. The average Bonchev–Trinajstić information content (AvgIpc) is 3.04. The standard InChI is InChI=1S/C26H27FN6O/c1-3-22-28-24(23-18(2)30-33(25(23)29-22)21-8-5-4-6-9-21)31-14-7-15-32(17-16-31)26(34)19-10-12-20(27)13-11-19/h4-6,8-13H,3,7,14-17H2,1-2H3. The fraction of sp³-hybridized carbons (Fsp3) is 0.308. The number of benzene rings is 2. The molecule has 34 heavy (non-hydrogen) atoms. The van der Waals surface area contributed by atoms with Crippen LogP contribution in [-0.4, -0.2) is 56.7 Å². The summed E-state index contributed by atoms with van der Waals surface area (Å²) < 4.78 is 15.2. The summed E-state index contributed by atoms with van der Waals surface area (Å²) in [6, 6.07) is 15.7. The fourth-order valence-electron chi connectivity index (χ4n) is 4.45. The van der Waals surface area contributed by atoms with Crippen molar-refractivity contribution < 1.29 is 9.18 Å². The van der Waals surface area contributed by atoms with Crippen LogP contribution in [0.2, 0.25) is 0 Å². The molecule has 0 spiro atoms. The lowest BCUT2D eigenvalue weighted by Crippen LogP contribution is -2.35. The molecule has 2 aromatic heterocycles. The Morgan fingerprint density at radius 3 is 2.47 bits per heavy atom. The van der Waals surface area contributed by atoms with Crippen LogP contribution in [-0.2, 0) is 6.42 Å². The molecule has 1 amide bonds. The van der Waals surface area contributed by atoms with Crippen LogP contribution in [0, 0.1) is 12.7 Å². The first kappa shape index (κ1) is 22.0. The minimum Gasteiger partial charge on any atom is -0.354 e. The number of halogens is 1. The smallest absolute Gasteiger partial charge is 0.253 e. The number of aromatic nitrogens is 4. The van der Waals surface area contributed by atoms with Gasteiger partial charge in [-0.2, -0.15) is 5.10 Å². The predicted octanol–water partition coefficient (Wildman–Crippen LogP) is 4.18. The van der Waals surface area contributed by atoms with E-state index in [0.29, 0.717) is 31.6 Å². The number of nitrogens with zero attached hydrogens (tertiary/aromatic N) is 6. The molecule has 0 atom stereocenters. The zero-order valence-electron chi connectivity index (χ0n) is 19.4. The third-order valence-corrected chi connectivity index (χ3v) is 6.22. The topological polar surface area (TPSA) is 67.2 Å². The van der Waals surface area contributed by atoms with Gasteiger partial charge in [0.25, 0.3) is 5.91 Å². The number of anilines is 1. The zero-order chi connectivity index (χ0) is 23.7. The first-order chi connectivity index (χ1) is 16.5. The van der Waals surface area contributed by atoms with Crippen molar-refractivity contribution in [2.75, 3.05) is 31.1 Å². The second-order valence-corrected chi connectivity index (χ2v) is 8.49. The van der Waals surface area contributed by atoms with Crippen molar-refractivity contribution in [3.05, 3.63) is 77.5 Å². The van der Waals surface area contributed by atoms with Crippen molar-refractivity contribution in [2.24, 2.45) is 0 Å². The van der Waals surface area contributed by atoms with Crippen LogP contribution in [0.15, 0.2) is 54.6 Å². The van der Waals surface area contributed by atoms with Gasteiger partial charge in [-0.3, -0.25) is 4.79 Å². The molecular formula is C26H27FN6O. The number of carbonyl (C=O) groups is 1. The highest BCUT2D eigenvalue weighted by Gasteiger charge is 2.25. The molecule has 4 aromatic rings. The molecule has 1 aliphatic rings. The fourth-order valence-corrected chi connectivity index (χ4v) is 4.45. The van der Waals surface area contributed by atoms with Gasteiger partial charge in [-0.1, -0.05) is 25.1 Å². The van der Waals surface area contributed by atoms with Crippen molar-refractivity contribution in [2.45, 2.75) is 26.7 Å². The summed E-state index contributed by atoms with van der Waals surface area (Å²) in [4.78, 5) is 26.8. The van der Waals surface area contributed by atoms with Crippen LogP contribution >= 0.6 is 0 Å². The molecule has 0 N–H and O–H groups in total. The minimum atomic E-state index is -0.343. The predicted molar refractivity (Wildman–Crippen MR) is 130 cm³/mol. The highest BCUT2D eigenvalue weighted by Crippen LogP contribution is 2.30. The molecule has 2 aromatic carbocycles. The third-order valence-electron chi connectivity index (χ3n) is 6.22. The van der Waals surface area contributed by atoms with E-state index in [1.165, 1.54) is 12.1 Å². The van der Waals surface area contributed by atoms with Gasteiger partial charge >= 0.3 is 0 Å². The van der Waals surface area contributed by atoms with Crippen molar-refractivity contribution in [1.82, 2.24) is 24.6 Å². The molecule has 0 aliphatic carbocycles. The Morgan fingerprint density at radius 2 is 1.74 bits per heavy atom. The van der Waals surface area contributed by atoms with Crippen LogP contribution in [0.1, 0.15) is 35.2 Å². The highest BCUT2D eigenvalue weighted by molar-refractivity contribution is 5.94. The van der Waals surface area contributed by atoms with Crippen LogP contribution in [0.5, 0.6) is 0 Å². The lowest BCUT2D eigenvalue weighted by Gasteiger charge is -2.24. The van der Waals surface area contributed by atoms with Crippen molar-refractivity contribution >= 4 is 22.8 Å². The van der Waals surface area contributed by atoms with E-state index in [2.05, 4.69) is 4.90 Å². The van der Waals surface area contributed by atoms with Gasteiger partial charge in [-0.05, 0) is 49.7 Å². The largest absolute Gasteiger partial charge is 0.354 e. The van der Waals surface area contributed by atoms with E-state index in [9.17, 15) is 9.18 Å². The van der Waals surface area contributed by atoms with E-state index >= 15 is 0 Å². The second kappa shape index (κ2) is 9.21. The quantitative estimate of drug-likeness (QED) is 0.459. The summed E-state index contributed by atoms with van der Waals surface area (Å²) in [6.45, 7) is 6.67. The highest BCUT2D eigenvalue weighted by atomic mass is 19.1. The van der Waals surface area contributed by atoms with Crippen molar-refractivity contribution in [3.8, 4) is 5.69 Å². The van der Waals surface area contributed by atoms with Crippen molar-refractivity contribution in [1.29, 1.82) is 0 Å². The molecule has 8 heteroatoms. The van der Waals surface area contributed by atoms with E-state index in [1.54, 1.807) is 12.1 Å². The number of carbonyl (C=O) groups excluding carboxylic acids is 1. The van der Waals surface area contributed by atoms with Gasteiger partial charge in [0, 0.05) is 38.2 Å². The van der Waals surface area contributed by atoms with Gasteiger partial charge in [0.05, 0.1) is 16.8 Å². The molecule has 174 valence electrons. The van der Waals surface area contributed by atoms with Crippen LogP contribution in [0.3, 0.4) is 0 Å². The monoisotopic (exact) mass is 458 g/mol. The average molecular weight is 459 g/mol. The van der Waals surface area contributed by atoms with E-state index in [4.69, 9.17) is 15.1 Å². The maximum Gasteiger partial charge on any atom is 0.253 e. The molecule has 1 aliphatic heterocycles. The van der Waals surface area contributed by atoms with E-state index in [0.717, 1.165) is 47.0 Å². The molecule has 0 radical (unpaired) electrons. The lowest BCUT2D eigenvalue weighted by molar-refractivity contribution is 0.0767. The Labute approximate surface area is 197 Å². The van der Waals surface area contributed by atoms with E-state index in [-0.39, 0.29) is 11.7 Å². The van der Waals surface area contributed by atoms with E-state index in [1.807, 2.05) is 53.8 Å². The molecule has 7 nitrogen and oxygen atoms in total. The summed E-state index contributed by atoms with van der Waals surface area (Å²) in [6.07, 6.45) is 1.52. The normalized spacial score (nSPS) is 14.4. The molecular weight excluding hydrogens is 431 g/mol. The van der Waals surface area contributed by atoms with Gasteiger partial charge in [-0.25, -0.2) is 19.0 Å². The minimum absolute atomic E-state index is 0.0722. The van der Waals surface area contributed by atoms with Crippen LogP contribution < -0.4 is 4.90 Å².